The number of hydrogen-bond donors (Lipinski definition) is 2. The van der Waals surface area contributed by atoms with Crippen LogP contribution < -0.4 is 4.72 Å². The molecule has 0 saturated carbocycles. The maximum atomic E-state index is 12.4. The van der Waals surface area contributed by atoms with Crippen LogP contribution in [0.25, 0.3) is 0 Å². The van der Waals surface area contributed by atoms with E-state index in [1.165, 1.54) is 12.1 Å². The lowest BCUT2D eigenvalue weighted by atomic mass is 10.1. The number of aryl methyl sites for hydroxylation is 1. The highest BCUT2D eigenvalue weighted by Crippen LogP contribution is 2.27. The number of carboxylic acid groups (broad SMARTS) is 1. The zero-order chi connectivity index (χ0) is 16.2. The van der Waals surface area contributed by atoms with Crippen molar-refractivity contribution in [2.75, 3.05) is 12.0 Å². The van der Waals surface area contributed by atoms with E-state index < -0.39 is 16.0 Å². The minimum atomic E-state index is -3.77. The van der Waals surface area contributed by atoms with Gasteiger partial charge in [-0.25, -0.2) is 17.9 Å². The molecule has 0 radical (unpaired) electrons. The molecule has 0 amide bonds. The Bertz CT molecular complexity index is 631. The average Bonchev–Trinajstić information content (AvgIpc) is 2.38. The number of benzene rings is 1. The van der Waals surface area contributed by atoms with Crippen molar-refractivity contribution in [1.82, 2.24) is 4.72 Å². The van der Waals surface area contributed by atoms with Gasteiger partial charge >= 0.3 is 5.97 Å². The van der Waals surface area contributed by atoms with E-state index in [1.807, 2.05) is 6.26 Å². The van der Waals surface area contributed by atoms with Crippen LogP contribution in [0.4, 0.5) is 0 Å². The Labute approximate surface area is 137 Å². The average molecular weight is 396 g/mol. The molecule has 2 N–H and O–H groups in total. The maximum Gasteiger partial charge on any atom is 0.335 e. The van der Waals surface area contributed by atoms with Crippen molar-refractivity contribution in [1.29, 1.82) is 0 Å². The van der Waals surface area contributed by atoms with Crippen molar-refractivity contribution in [3.8, 4) is 0 Å². The molecule has 0 aliphatic heterocycles. The highest BCUT2D eigenvalue weighted by Gasteiger charge is 2.23. The zero-order valence-corrected chi connectivity index (χ0v) is 15.2. The van der Waals surface area contributed by atoms with Gasteiger partial charge in [0.1, 0.15) is 0 Å². The first-order chi connectivity index (χ1) is 9.69. The Morgan fingerprint density at radius 1 is 1.48 bits per heavy atom. The Kier molecular flexibility index (Phi) is 6.71. The first kappa shape index (κ1) is 18.5. The van der Waals surface area contributed by atoms with Crippen LogP contribution in [-0.2, 0) is 10.0 Å². The standard InChI is InChI=1S/C13H18BrNO4S2/c1-8-6-10(13(16)17)7-11(12(8)14)21(18,19)15-9(2)4-5-20-3/h6-7,9,15H,4-5H2,1-3H3,(H,16,17). The van der Waals surface area contributed by atoms with Gasteiger partial charge in [0, 0.05) is 10.5 Å². The van der Waals surface area contributed by atoms with Gasteiger partial charge in [0.25, 0.3) is 0 Å². The summed E-state index contributed by atoms with van der Waals surface area (Å²) in [5.41, 5.74) is 0.514. The third kappa shape index (κ3) is 4.98. The second-order valence-corrected chi connectivity index (χ2v) is 8.18. The van der Waals surface area contributed by atoms with E-state index >= 15 is 0 Å². The number of halogens is 1. The number of hydrogen-bond acceptors (Lipinski definition) is 4. The lowest BCUT2D eigenvalue weighted by Gasteiger charge is -2.16. The molecule has 1 aromatic carbocycles. The lowest BCUT2D eigenvalue weighted by Crippen LogP contribution is -2.33. The van der Waals surface area contributed by atoms with Gasteiger partial charge in [-0.1, -0.05) is 0 Å². The Morgan fingerprint density at radius 2 is 2.10 bits per heavy atom. The third-order valence-corrected chi connectivity index (χ3v) is 6.44. The van der Waals surface area contributed by atoms with Crippen LogP contribution in [0.5, 0.6) is 0 Å². The van der Waals surface area contributed by atoms with Crippen molar-refractivity contribution in [2.45, 2.75) is 31.2 Å². The summed E-state index contributed by atoms with van der Waals surface area (Å²) in [6, 6.07) is 2.38. The molecule has 0 bridgehead atoms. The quantitative estimate of drug-likeness (QED) is 0.741. The summed E-state index contributed by atoms with van der Waals surface area (Å²) in [7, 11) is -3.77. The predicted octanol–water partition coefficient (Wildman–Crippen LogP) is 2.88. The summed E-state index contributed by atoms with van der Waals surface area (Å²) in [5.74, 6) is -0.309. The molecule has 8 heteroatoms. The molecule has 0 spiro atoms. The van der Waals surface area contributed by atoms with Crippen LogP contribution in [0.15, 0.2) is 21.5 Å². The fraction of sp³-hybridized carbons (Fsp3) is 0.462. The van der Waals surface area contributed by atoms with Gasteiger partial charge in [0.2, 0.25) is 10.0 Å². The molecule has 0 aliphatic carbocycles. The van der Waals surface area contributed by atoms with Crippen molar-refractivity contribution in [3.05, 3.63) is 27.7 Å². The SMILES string of the molecule is CSCCC(C)NS(=O)(=O)c1cc(C(=O)O)cc(C)c1Br. The zero-order valence-electron chi connectivity index (χ0n) is 12.0. The summed E-state index contributed by atoms with van der Waals surface area (Å²) in [4.78, 5) is 11.0. The number of sulfonamides is 1. The van der Waals surface area contributed by atoms with Crippen LogP contribution in [0.3, 0.4) is 0 Å². The van der Waals surface area contributed by atoms with Gasteiger partial charge in [0.05, 0.1) is 10.5 Å². The first-order valence-corrected chi connectivity index (χ1v) is 9.90. The number of nitrogens with one attached hydrogen (secondary N) is 1. The van der Waals surface area contributed by atoms with Gasteiger partial charge in [0.15, 0.2) is 0 Å². The number of thioether (sulfide) groups is 1. The van der Waals surface area contributed by atoms with Crippen LogP contribution in [0.1, 0.15) is 29.3 Å². The number of carbonyl (C=O) groups is 1. The Balaban J connectivity index is 3.16. The molecule has 1 rings (SSSR count). The second kappa shape index (κ2) is 7.62. The highest BCUT2D eigenvalue weighted by atomic mass is 79.9. The van der Waals surface area contributed by atoms with Crippen molar-refractivity contribution in [3.63, 3.8) is 0 Å². The molecule has 5 nitrogen and oxygen atoms in total. The molecule has 118 valence electrons. The first-order valence-electron chi connectivity index (χ1n) is 6.23. The fourth-order valence-corrected chi connectivity index (χ4v) is 4.65. The molecule has 0 heterocycles. The summed E-state index contributed by atoms with van der Waals surface area (Å²) >= 11 is 4.87. The van der Waals surface area contributed by atoms with Crippen LogP contribution in [0.2, 0.25) is 0 Å². The number of carboxylic acids is 1. The van der Waals surface area contributed by atoms with Gasteiger partial charge in [-0.15, -0.1) is 0 Å². The summed E-state index contributed by atoms with van der Waals surface area (Å²) in [6.45, 7) is 3.45. The minimum Gasteiger partial charge on any atom is -0.478 e. The van der Waals surface area contributed by atoms with Gasteiger partial charge in [-0.05, 0) is 65.9 Å². The Morgan fingerprint density at radius 3 is 2.62 bits per heavy atom. The van der Waals surface area contributed by atoms with E-state index in [1.54, 1.807) is 25.6 Å². The molecular weight excluding hydrogens is 378 g/mol. The molecule has 0 saturated heterocycles. The van der Waals surface area contributed by atoms with Crippen molar-refractivity contribution < 1.29 is 18.3 Å². The minimum absolute atomic E-state index is 0.0455. The molecule has 0 fully saturated rings. The summed E-state index contributed by atoms with van der Waals surface area (Å²) < 4.78 is 27.8. The van der Waals surface area contributed by atoms with E-state index in [0.717, 1.165) is 5.75 Å². The van der Waals surface area contributed by atoms with E-state index in [4.69, 9.17) is 5.11 Å². The largest absolute Gasteiger partial charge is 0.478 e. The number of rotatable bonds is 7. The smallest absolute Gasteiger partial charge is 0.335 e. The third-order valence-electron chi connectivity index (χ3n) is 2.87. The van der Waals surface area contributed by atoms with Crippen LogP contribution in [0, 0.1) is 6.92 Å². The number of aromatic carboxylic acids is 1. The lowest BCUT2D eigenvalue weighted by molar-refractivity contribution is 0.0696. The topological polar surface area (TPSA) is 83.5 Å². The molecular formula is C13H18BrNO4S2. The molecule has 0 aromatic heterocycles. The van der Waals surface area contributed by atoms with E-state index in [9.17, 15) is 13.2 Å². The fourth-order valence-electron chi connectivity index (χ4n) is 1.74. The van der Waals surface area contributed by atoms with Crippen LogP contribution >= 0.6 is 27.7 Å². The normalized spacial score (nSPS) is 13.1. The van der Waals surface area contributed by atoms with Gasteiger partial charge in [-0.3, -0.25) is 0 Å². The summed E-state index contributed by atoms with van der Waals surface area (Å²) in [6.07, 6.45) is 2.66. The van der Waals surface area contributed by atoms with E-state index in [2.05, 4.69) is 20.7 Å². The monoisotopic (exact) mass is 395 g/mol. The van der Waals surface area contributed by atoms with Crippen molar-refractivity contribution >= 4 is 43.7 Å². The van der Waals surface area contributed by atoms with E-state index in [-0.39, 0.29) is 16.5 Å². The molecule has 21 heavy (non-hydrogen) atoms. The molecule has 0 aliphatic rings. The summed E-state index contributed by atoms with van der Waals surface area (Å²) in [5, 5.41) is 9.06. The van der Waals surface area contributed by atoms with Gasteiger partial charge < -0.3 is 5.11 Å². The van der Waals surface area contributed by atoms with Crippen LogP contribution in [-0.4, -0.2) is 37.5 Å². The molecule has 1 atom stereocenters. The van der Waals surface area contributed by atoms with Crippen molar-refractivity contribution in [2.24, 2.45) is 0 Å². The maximum absolute atomic E-state index is 12.4. The van der Waals surface area contributed by atoms with E-state index in [0.29, 0.717) is 16.5 Å². The molecule has 1 aromatic rings. The second-order valence-electron chi connectivity index (χ2n) is 4.71. The Hall–Kier alpha value is -0.570. The van der Waals surface area contributed by atoms with Gasteiger partial charge in [-0.2, -0.15) is 11.8 Å². The highest BCUT2D eigenvalue weighted by molar-refractivity contribution is 9.10. The predicted molar refractivity (Wildman–Crippen MR) is 88.6 cm³/mol. The molecule has 1 unspecified atom stereocenters.